The van der Waals surface area contributed by atoms with Gasteiger partial charge in [-0.2, -0.15) is 0 Å². The maximum Gasteiger partial charge on any atom is 0.329 e. The van der Waals surface area contributed by atoms with Crippen LogP contribution in [-0.4, -0.2) is 20.0 Å². The van der Waals surface area contributed by atoms with Gasteiger partial charge in [-0.3, -0.25) is 0 Å². The Kier molecular flexibility index (Phi) is 5.82. The van der Waals surface area contributed by atoms with Crippen LogP contribution in [0.1, 0.15) is 32.6 Å². The third-order valence-electron chi connectivity index (χ3n) is 1.45. The second-order valence-corrected chi connectivity index (χ2v) is 6.54. The van der Waals surface area contributed by atoms with Crippen molar-refractivity contribution in [2.75, 3.05) is 6.61 Å². The smallest absolute Gasteiger partial charge is 0.329 e. The molecular formula is C8H20O2Si. The molecule has 0 rings (SSSR count). The van der Waals surface area contributed by atoms with Crippen LogP contribution in [0.5, 0.6) is 0 Å². The third kappa shape index (κ3) is 10.1. The van der Waals surface area contributed by atoms with Gasteiger partial charge in [-0.1, -0.05) is 26.2 Å². The van der Waals surface area contributed by atoms with E-state index in [1.165, 1.54) is 19.3 Å². The van der Waals surface area contributed by atoms with Gasteiger partial charge >= 0.3 is 8.56 Å². The van der Waals surface area contributed by atoms with E-state index in [0.717, 1.165) is 13.0 Å². The van der Waals surface area contributed by atoms with E-state index >= 15 is 0 Å². The Morgan fingerprint density at radius 2 is 1.82 bits per heavy atom. The van der Waals surface area contributed by atoms with E-state index in [0.29, 0.717) is 0 Å². The van der Waals surface area contributed by atoms with E-state index in [1.807, 2.05) is 0 Å². The molecule has 0 bridgehead atoms. The van der Waals surface area contributed by atoms with Crippen molar-refractivity contribution < 1.29 is 9.22 Å². The van der Waals surface area contributed by atoms with Crippen LogP contribution in [0, 0.1) is 0 Å². The summed E-state index contributed by atoms with van der Waals surface area (Å²) in [6.07, 6.45) is 4.84. The lowest BCUT2D eigenvalue weighted by atomic mass is 10.2. The predicted octanol–water partition coefficient (Wildman–Crippen LogP) is 2.28. The Hall–Kier alpha value is 0.137. The number of hydrogen-bond donors (Lipinski definition) is 1. The molecule has 0 saturated carbocycles. The SMILES string of the molecule is CCCCCCO[Si](C)(C)O. The summed E-state index contributed by atoms with van der Waals surface area (Å²) in [4.78, 5) is 9.29. The molecule has 0 atom stereocenters. The molecule has 68 valence electrons. The molecule has 0 aromatic heterocycles. The summed E-state index contributed by atoms with van der Waals surface area (Å²) in [5.41, 5.74) is 0. The zero-order valence-corrected chi connectivity index (χ0v) is 8.89. The fourth-order valence-corrected chi connectivity index (χ4v) is 1.49. The van der Waals surface area contributed by atoms with Gasteiger partial charge in [0, 0.05) is 6.61 Å². The summed E-state index contributed by atoms with van der Waals surface area (Å²) in [5, 5.41) is 0. The van der Waals surface area contributed by atoms with Gasteiger partial charge in [-0.15, -0.1) is 0 Å². The zero-order valence-electron chi connectivity index (χ0n) is 7.89. The molecule has 0 heterocycles. The van der Waals surface area contributed by atoms with E-state index in [1.54, 1.807) is 13.1 Å². The van der Waals surface area contributed by atoms with E-state index in [9.17, 15) is 4.80 Å². The number of hydrogen-bond acceptors (Lipinski definition) is 2. The monoisotopic (exact) mass is 176 g/mol. The van der Waals surface area contributed by atoms with Crippen molar-refractivity contribution >= 4 is 8.56 Å². The lowest BCUT2D eigenvalue weighted by Gasteiger charge is -2.14. The molecule has 0 spiro atoms. The molecule has 0 amide bonds. The quantitative estimate of drug-likeness (QED) is 0.497. The van der Waals surface area contributed by atoms with E-state index in [-0.39, 0.29) is 0 Å². The van der Waals surface area contributed by atoms with Crippen molar-refractivity contribution in [1.82, 2.24) is 0 Å². The Morgan fingerprint density at radius 3 is 2.27 bits per heavy atom. The van der Waals surface area contributed by atoms with Crippen LogP contribution < -0.4 is 0 Å². The van der Waals surface area contributed by atoms with Gasteiger partial charge in [0.2, 0.25) is 0 Å². The first kappa shape index (κ1) is 11.1. The van der Waals surface area contributed by atoms with Crippen LogP contribution in [0.4, 0.5) is 0 Å². The normalized spacial score (nSPS) is 12.0. The first-order valence-corrected chi connectivity index (χ1v) is 7.28. The molecule has 0 aliphatic carbocycles. The topological polar surface area (TPSA) is 29.5 Å². The van der Waals surface area contributed by atoms with Crippen LogP contribution in [0.3, 0.4) is 0 Å². The van der Waals surface area contributed by atoms with Crippen LogP contribution in [0.15, 0.2) is 0 Å². The number of unbranched alkanes of at least 4 members (excludes halogenated alkanes) is 3. The minimum atomic E-state index is -2.22. The fourth-order valence-electron chi connectivity index (χ4n) is 0.851. The largest absolute Gasteiger partial charge is 0.411 e. The molecule has 0 aliphatic heterocycles. The Labute approximate surface area is 70.8 Å². The minimum Gasteiger partial charge on any atom is -0.411 e. The first-order chi connectivity index (χ1) is 5.06. The van der Waals surface area contributed by atoms with Gasteiger partial charge < -0.3 is 9.22 Å². The van der Waals surface area contributed by atoms with Crippen molar-refractivity contribution in [2.24, 2.45) is 0 Å². The van der Waals surface area contributed by atoms with Gasteiger partial charge in [0.1, 0.15) is 0 Å². The van der Waals surface area contributed by atoms with Gasteiger partial charge in [0.05, 0.1) is 0 Å². The Balaban J connectivity index is 3.02. The number of rotatable bonds is 6. The predicted molar refractivity (Wildman–Crippen MR) is 49.8 cm³/mol. The molecule has 0 fully saturated rings. The Bertz CT molecular complexity index is 88.6. The minimum absolute atomic E-state index is 0.732. The zero-order chi connectivity index (χ0) is 8.74. The highest BCUT2D eigenvalue weighted by Gasteiger charge is 2.17. The molecular weight excluding hydrogens is 156 g/mol. The van der Waals surface area contributed by atoms with Gasteiger partial charge in [0.25, 0.3) is 0 Å². The summed E-state index contributed by atoms with van der Waals surface area (Å²) in [5.74, 6) is 0. The fraction of sp³-hybridized carbons (Fsp3) is 1.00. The Morgan fingerprint density at radius 1 is 1.18 bits per heavy atom. The van der Waals surface area contributed by atoms with Crippen molar-refractivity contribution in [2.45, 2.75) is 45.7 Å². The highest BCUT2D eigenvalue weighted by atomic mass is 28.4. The van der Waals surface area contributed by atoms with Crippen molar-refractivity contribution in [1.29, 1.82) is 0 Å². The van der Waals surface area contributed by atoms with Gasteiger partial charge in [-0.25, -0.2) is 0 Å². The standard InChI is InChI=1S/C8H20O2Si/c1-4-5-6-7-8-10-11(2,3)9/h9H,4-8H2,1-3H3. The van der Waals surface area contributed by atoms with E-state index < -0.39 is 8.56 Å². The average molecular weight is 176 g/mol. The van der Waals surface area contributed by atoms with E-state index in [4.69, 9.17) is 4.43 Å². The van der Waals surface area contributed by atoms with Crippen molar-refractivity contribution in [3.05, 3.63) is 0 Å². The summed E-state index contributed by atoms with van der Waals surface area (Å²) < 4.78 is 5.27. The molecule has 0 aromatic carbocycles. The summed E-state index contributed by atoms with van der Waals surface area (Å²) in [7, 11) is -2.22. The van der Waals surface area contributed by atoms with Gasteiger partial charge in [0.15, 0.2) is 0 Å². The van der Waals surface area contributed by atoms with E-state index in [2.05, 4.69) is 6.92 Å². The molecule has 1 N–H and O–H groups in total. The third-order valence-corrected chi connectivity index (χ3v) is 2.36. The van der Waals surface area contributed by atoms with Crippen molar-refractivity contribution in [3.8, 4) is 0 Å². The lowest BCUT2D eigenvalue weighted by molar-refractivity contribution is 0.235. The van der Waals surface area contributed by atoms with Crippen LogP contribution in [0.2, 0.25) is 13.1 Å². The van der Waals surface area contributed by atoms with Crippen LogP contribution in [0.25, 0.3) is 0 Å². The summed E-state index contributed by atoms with van der Waals surface area (Å²) in [6, 6.07) is 0. The average Bonchev–Trinajstić information content (AvgIpc) is 1.85. The lowest BCUT2D eigenvalue weighted by Crippen LogP contribution is -2.30. The molecule has 0 aromatic rings. The second-order valence-electron chi connectivity index (χ2n) is 3.36. The molecule has 11 heavy (non-hydrogen) atoms. The first-order valence-electron chi connectivity index (χ1n) is 4.42. The molecule has 0 aliphatic rings. The molecule has 0 unspecified atom stereocenters. The molecule has 0 saturated heterocycles. The van der Waals surface area contributed by atoms with Gasteiger partial charge in [-0.05, 0) is 19.5 Å². The van der Waals surface area contributed by atoms with Crippen LogP contribution in [-0.2, 0) is 4.43 Å². The van der Waals surface area contributed by atoms with Crippen LogP contribution >= 0.6 is 0 Å². The highest BCUT2D eigenvalue weighted by Crippen LogP contribution is 2.03. The molecule has 3 heteroatoms. The summed E-state index contributed by atoms with van der Waals surface area (Å²) >= 11 is 0. The highest BCUT2D eigenvalue weighted by molar-refractivity contribution is 6.63. The second kappa shape index (κ2) is 5.74. The maximum atomic E-state index is 9.29. The maximum absolute atomic E-state index is 9.29. The summed E-state index contributed by atoms with van der Waals surface area (Å²) in [6.45, 7) is 6.51. The molecule has 0 radical (unpaired) electrons. The molecule has 2 nitrogen and oxygen atoms in total. The van der Waals surface area contributed by atoms with Crippen molar-refractivity contribution in [3.63, 3.8) is 0 Å².